The van der Waals surface area contributed by atoms with Gasteiger partial charge in [-0.3, -0.25) is 9.59 Å². The molecule has 1 rings (SSSR count). The molecule has 0 aliphatic heterocycles. The van der Waals surface area contributed by atoms with Crippen LogP contribution >= 0.6 is 0 Å². The van der Waals surface area contributed by atoms with Gasteiger partial charge in [-0.2, -0.15) is 0 Å². The van der Waals surface area contributed by atoms with Crippen LogP contribution in [0.25, 0.3) is 0 Å². The average molecular weight is 266 g/mol. The van der Waals surface area contributed by atoms with E-state index in [1.54, 1.807) is 17.6 Å². The Morgan fingerprint density at radius 1 is 1.16 bits per heavy atom. The summed E-state index contributed by atoms with van der Waals surface area (Å²) in [7, 11) is 1.43. The van der Waals surface area contributed by atoms with E-state index in [0.29, 0.717) is 12.0 Å². The van der Waals surface area contributed by atoms with Crippen molar-refractivity contribution in [2.75, 3.05) is 7.05 Å². The monoisotopic (exact) mass is 266 g/mol. The Morgan fingerprint density at radius 3 is 1.95 bits per heavy atom. The second kappa shape index (κ2) is 8.39. The largest absolute Gasteiger partial charge is 0.351 e. The molecule has 0 saturated heterocycles. The molecule has 5 nitrogen and oxygen atoms in total. The molecule has 1 aromatic rings. The number of benzene rings is 1. The van der Waals surface area contributed by atoms with Crippen LogP contribution in [0, 0.1) is 5.41 Å². The van der Waals surface area contributed by atoms with Gasteiger partial charge in [-0.15, -0.1) is 0 Å². The van der Waals surface area contributed by atoms with Crippen LogP contribution in [-0.2, 0) is 4.79 Å². The fourth-order valence-corrected chi connectivity index (χ4v) is 1.68. The topological polar surface area (TPSA) is 78.4 Å². The van der Waals surface area contributed by atoms with Crippen LogP contribution in [0.3, 0.4) is 0 Å². The summed E-state index contributed by atoms with van der Waals surface area (Å²) in [6, 6.07) is 7.21. The third-order valence-corrected chi connectivity index (χ3v) is 2.51. The fraction of sp³-hybridized carbons (Fsp3) is 0.429. The lowest BCUT2D eigenvalue weighted by Crippen LogP contribution is -2.31. The number of carbonyl (C=O) groups excluding carboxylic acids is 2. The predicted molar refractivity (Wildman–Crippen MR) is 74.1 cm³/mol. The molecule has 0 heterocycles. The lowest BCUT2D eigenvalue weighted by molar-refractivity contribution is -0.110. The lowest BCUT2D eigenvalue weighted by atomic mass is 9.82. The van der Waals surface area contributed by atoms with Crippen molar-refractivity contribution in [1.29, 1.82) is 0 Å². The minimum Gasteiger partial charge on any atom is -0.351 e. The Morgan fingerprint density at radius 2 is 1.63 bits per heavy atom. The van der Waals surface area contributed by atoms with Crippen LogP contribution in [0.2, 0.25) is 0 Å². The molecule has 0 fully saturated rings. The van der Waals surface area contributed by atoms with Crippen molar-refractivity contribution in [3.8, 4) is 0 Å². The number of carbonyl (C=O) groups is 2. The number of rotatable bonds is 4. The van der Waals surface area contributed by atoms with Gasteiger partial charge in [-0.1, -0.05) is 45.0 Å². The molecule has 0 radical (unpaired) electrons. The summed E-state index contributed by atoms with van der Waals surface area (Å²) in [5.74, 6) is 0. The first-order chi connectivity index (χ1) is 8.90. The number of hydrogen-bond donors (Lipinski definition) is 3. The maximum Gasteiger partial charge on any atom is 0.207 e. The summed E-state index contributed by atoms with van der Waals surface area (Å²) >= 11 is 0. The van der Waals surface area contributed by atoms with Crippen molar-refractivity contribution >= 4 is 12.7 Å². The summed E-state index contributed by atoms with van der Waals surface area (Å²) in [5.41, 5.74) is 3.33. The first kappa shape index (κ1) is 17.3. The summed E-state index contributed by atoms with van der Waals surface area (Å²) < 4.78 is 0. The van der Waals surface area contributed by atoms with Gasteiger partial charge >= 0.3 is 0 Å². The zero-order chi connectivity index (χ0) is 14.9. The SMILES string of the molecule is CC(C)(C)C(NC=O)c1ccc(C=O)cc1.CNO. The standard InChI is InChI=1S/C13H17NO2.CH5NO/c1-13(2,3)12(14-9-16)11-6-4-10(8-15)5-7-11;1-2-3/h4-9,12H,1-3H3,(H,14,16);2-3H,1H3. The lowest BCUT2D eigenvalue weighted by Gasteiger charge is -2.30. The maximum atomic E-state index is 10.6. The van der Waals surface area contributed by atoms with E-state index in [-0.39, 0.29) is 11.5 Å². The molecule has 106 valence electrons. The number of aldehydes is 1. The van der Waals surface area contributed by atoms with Gasteiger partial charge in [-0.25, -0.2) is 5.48 Å². The Kier molecular flexibility index (Phi) is 7.63. The van der Waals surface area contributed by atoms with Gasteiger partial charge in [0, 0.05) is 12.6 Å². The summed E-state index contributed by atoms with van der Waals surface area (Å²) in [4.78, 5) is 21.1. The van der Waals surface area contributed by atoms with Crippen molar-refractivity contribution in [2.45, 2.75) is 26.8 Å². The van der Waals surface area contributed by atoms with Gasteiger partial charge in [0.25, 0.3) is 0 Å². The van der Waals surface area contributed by atoms with Gasteiger partial charge in [0.15, 0.2) is 0 Å². The zero-order valence-corrected chi connectivity index (χ0v) is 11.8. The van der Waals surface area contributed by atoms with Gasteiger partial charge in [0.1, 0.15) is 6.29 Å². The Hall–Kier alpha value is -1.72. The molecule has 0 aliphatic carbocycles. The number of hydroxylamine groups is 1. The maximum absolute atomic E-state index is 10.6. The van der Waals surface area contributed by atoms with Crippen LogP contribution < -0.4 is 10.8 Å². The Labute approximate surface area is 114 Å². The molecule has 19 heavy (non-hydrogen) atoms. The summed E-state index contributed by atoms with van der Waals surface area (Å²) in [6.07, 6.45) is 1.52. The van der Waals surface area contributed by atoms with Crippen molar-refractivity contribution in [3.05, 3.63) is 35.4 Å². The Balaban J connectivity index is 0.000000982. The molecule has 5 heteroatoms. The molecule has 0 bridgehead atoms. The zero-order valence-electron chi connectivity index (χ0n) is 11.8. The van der Waals surface area contributed by atoms with Crippen LogP contribution in [0.5, 0.6) is 0 Å². The van der Waals surface area contributed by atoms with Crippen LogP contribution in [0.1, 0.15) is 42.7 Å². The molecule has 3 N–H and O–H groups in total. The first-order valence-corrected chi connectivity index (χ1v) is 5.96. The van der Waals surface area contributed by atoms with E-state index in [9.17, 15) is 9.59 Å². The van der Waals surface area contributed by atoms with Crippen molar-refractivity contribution in [2.24, 2.45) is 5.41 Å². The molecule has 1 aromatic carbocycles. The van der Waals surface area contributed by atoms with E-state index in [0.717, 1.165) is 11.8 Å². The van der Waals surface area contributed by atoms with Crippen LogP contribution in [-0.4, -0.2) is 25.0 Å². The molecule has 0 spiro atoms. The predicted octanol–water partition coefficient (Wildman–Crippen LogP) is 1.93. The molecular formula is C14H22N2O3. The van der Waals surface area contributed by atoms with E-state index in [1.165, 1.54) is 7.05 Å². The first-order valence-electron chi connectivity index (χ1n) is 5.96. The average Bonchev–Trinajstić information content (AvgIpc) is 2.36. The Bertz CT molecular complexity index is 383. The van der Waals surface area contributed by atoms with Crippen LogP contribution in [0.15, 0.2) is 24.3 Å². The van der Waals surface area contributed by atoms with Crippen molar-refractivity contribution in [3.63, 3.8) is 0 Å². The second-order valence-corrected chi connectivity index (χ2v) is 5.09. The van der Waals surface area contributed by atoms with Crippen LogP contribution in [0.4, 0.5) is 0 Å². The highest BCUT2D eigenvalue weighted by Gasteiger charge is 2.25. The highest BCUT2D eigenvalue weighted by molar-refractivity contribution is 5.74. The molecular weight excluding hydrogens is 244 g/mol. The smallest absolute Gasteiger partial charge is 0.207 e. The van der Waals surface area contributed by atoms with E-state index in [4.69, 9.17) is 5.21 Å². The van der Waals surface area contributed by atoms with Gasteiger partial charge in [-0.05, 0) is 11.0 Å². The van der Waals surface area contributed by atoms with E-state index in [1.807, 2.05) is 12.1 Å². The minimum absolute atomic E-state index is 0.0503. The molecule has 0 aromatic heterocycles. The van der Waals surface area contributed by atoms with Crippen molar-refractivity contribution < 1.29 is 14.8 Å². The number of nitrogens with one attached hydrogen (secondary N) is 2. The highest BCUT2D eigenvalue weighted by Crippen LogP contribution is 2.32. The van der Waals surface area contributed by atoms with Crippen molar-refractivity contribution in [1.82, 2.24) is 10.8 Å². The third kappa shape index (κ3) is 6.13. The normalized spacial score (nSPS) is 11.8. The molecule has 1 unspecified atom stereocenters. The summed E-state index contributed by atoms with van der Waals surface area (Å²) in [6.45, 7) is 6.17. The molecule has 0 aliphatic rings. The van der Waals surface area contributed by atoms with Gasteiger partial charge in [0.2, 0.25) is 6.41 Å². The third-order valence-electron chi connectivity index (χ3n) is 2.51. The van der Waals surface area contributed by atoms with E-state index >= 15 is 0 Å². The summed E-state index contributed by atoms with van der Waals surface area (Å²) in [5, 5.41) is 10.1. The van der Waals surface area contributed by atoms with Gasteiger partial charge in [0.05, 0.1) is 6.04 Å². The number of amides is 1. The highest BCUT2D eigenvalue weighted by atomic mass is 16.5. The van der Waals surface area contributed by atoms with E-state index < -0.39 is 0 Å². The minimum atomic E-state index is -0.0659. The van der Waals surface area contributed by atoms with Gasteiger partial charge < -0.3 is 10.5 Å². The fourth-order valence-electron chi connectivity index (χ4n) is 1.68. The second-order valence-electron chi connectivity index (χ2n) is 5.09. The molecule has 1 atom stereocenters. The van der Waals surface area contributed by atoms with E-state index in [2.05, 4.69) is 26.1 Å². The number of hydrogen-bond acceptors (Lipinski definition) is 4. The molecule has 1 amide bonds. The molecule has 0 saturated carbocycles. The quantitative estimate of drug-likeness (QED) is 0.575.